The van der Waals surface area contributed by atoms with E-state index in [1.54, 1.807) is 0 Å². The summed E-state index contributed by atoms with van der Waals surface area (Å²) < 4.78 is 1.82. The predicted octanol–water partition coefficient (Wildman–Crippen LogP) is 1.53. The second-order valence-corrected chi connectivity index (χ2v) is 4.95. The van der Waals surface area contributed by atoms with Crippen molar-refractivity contribution in [3.63, 3.8) is 0 Å². The molecule has 3 N–H and O–H groups in total. The van der Waals surface area contributed by atoms with Gasteiger partial charge in [0.1, 0.15) is 11.7 Å². The number of nitrogens with two attached hydrogens (primary N) is 1. The van der Waals surface area contributed by atoms with Gasteiger partial charge in [-0.2, -0.15) is 5.10 Å². The number of nitrogen functional groups attached to an aromatic ring is 1. The molecule has 2 heterocycles. The second kappa shape index (κ2) is 4.12. The normalized spacial score (nSPS) is 13.7. The molecule has 0 fully saturated rings. The molecule has 1 aromatic carbocycles. The fraction of sp³-hybridized carbons (Fsp3) is 0.286. The molecule has 5 nitrogen and oxygen atoms in total. The highest BCUT2D eigenvalue weighted by atomic mass is 15.4. The number of nitrogens with zero attached hydrogens (tertiary/aromatic N) is 3. The van der Waals surface area contributed by atoms with Gasteiger partial charge in [0.25, 0.3) is 0 Å². The minimum atomic E-state index is 0.0801. The first-order valence-electron chi connectivity index (χ1n) is 6.27. The third kappa shape index (κ3) is 1.78. The Morgan fingerprint density at radius 3 is 2.37 bits per heavy atom. The molecule has 0 atom stereocenters. The number of aromatic nitrogens is 2. The van der Waals surface area contributed by atoms with Crippen molar-refractivity contribution in [3.8, 4) is 0 Å². The van der Waals surface area contributed by atoms with Gasteiger partial charge in [-0.1, -0.05) is 24.3 Å². The van der Waals surface area contributed by atoms with E-state index in [0.717, 1.165) is 30.2 Å². The molecule has 0 aliphatic carbocycles. The summed E-state index contributed by atoms with van der Waals surface area (Å²) in [4.78, 5) is 2.22. The zero-order valence-corrected chi connectivity index (χ0v) is 11.1. The van der Waals surface area contributed by atoms with E-state index in [0.29, 0.717) is 0 Å². The van der Waals surface area contributed by atoms with Gasteiger partial charge in [-0.05, 0) is 18.1 Å². The Morgan fingerprint density at radius 1 is 1.26 bits per heavy atom. The van der Waals surface area contributed by atoms with Gasteiger partial charge < -0.3 is 10.6 Å². The highest BCUT2D eigenvalue weighted by molar-refractivity contribution is 6.01. The number of rotatable bonds is 2. The van der Waals surface area contributed by atoms with Crippen molar-refractivity contribution in [1.82, 2.24) is 9.78 Å². The van der Waals surface area contributed by atoms with Crippen LogP contribution in [0.5, 0.6) is 0 Å². The van der Waals surface area contributed by atoms with Crippen molar-refractivity contribution in [1.29, 1.82) is 5.41 Å². The Hall–Kier alpha value is -2.30. The summed E-state index contributed by atoms with van der Waals surface area (Å²) in [5, 5.41) is 12.1. The Morgan fingerprint density at radius 2 is 1.84 bits per heavy atom. The third-order valence-corrected chi connectivity index (χ3v) is 3.60. The van der Waals surface area contributed by atoms with Crippen LogP contribution in [0.4, 0.5) is 5.82 Å². The number of hydrogen-bond acceptors (Lipinski definition) is 3. The first kappa shape index (κ1) is 11.8. The molecule has 0 unspecified atom stereocenters. The molecule has 0 spiro atoms. The first-order valence-corrected chi connectivity index (χ1v) is 6.27. The van der Waals surface area contributed by atoms with E-state index in [-0.39, 0.29) is 5.84 Å². The Kier molecular flexibility index (Phi) is 2.55. The van der Waals surface area contributed by atoms with Gasteiger partial charge in [-0.3, -0.25) is 10.1 Å². The van der Waals surface area contributed by atoms with Gasteiger partial charge in [0.05, 0.1) is 11.3 Å². The van der Waals surface area contributed by atoms with Crippen molar-refractivity contribution in [2.24, 2.45) is 12.8 Å². The molecule has 2 aromatic rings. The summed E-state index contributed by atoms with van der Waals surface area (Å²) >= 11 is 0. The van der Waals surface area contributed by atoms with E-state index in [2.05, 4.69) is 34.3 Å². The molecular formula is C14H17N5. The zero-order chi connectivity index (χ0) is 13.6. The number of aryl methyl sites for hydroxylation is 2. The Balaban J connectivity index is 2.04. The second-order valence-electron chi connectivity index (χ2n) is 4.95. The van der Waals surface area contributed by atoms with Crippen LogP contribution >= 0.6 is 0 Å². The number of hydrogen-bond donors (Lipinski definition) is 2. The van der Waals surface area contributed by atoms with Crippen LogP contribution in [-0.2, 0) is 20.1 Å². The average Bonchev–Trinajstić information content (AvgIpc) is 2.88. The lowest BCUT2D eigenvalue weighted by Crippen LogP contribution is -2.22. The molecule has 0 bridgehead atoms. The maximum absolute atomic E-state index is 7.75. The minimum Gasteiger partial charge on any atom is -0.384 e. The number of benzene rings is 1. The van der Waals surface area contributed by atoms with Crippen LogP contribution in [-0.4, -0.2) is 15.6 Å². The van der Waals surface area contributed by atoms with Gasteiger partial charge >= 0.3 is 0 Å². The van der Waals surface area contributed by atoms with Crippen LogP contribution in [0.25, 0.3) is 0 Å². The lowest BCUT2D eigenvalue weighted by atomic mass is 10.1. The molecule has 0 radical (unpaired) electrons. The summed E-state index contributed by atoms with van der Waals surface area (Å²) in [7, 11) is 1.90. The molecule has 1 aliphatic heterocycles. The van der Waals surface area contributed by atoms with Crippen LogP contribution in [0, 0.1) is 12.3 Å². The summed E-state index contributed by atoms with van der Waals surface area (Å²) in [6, 6.07) is 8.41. The van der Waals surface area contributed by atoms with Crippen molar-refractivity contribution in [2.45, 2.75) is 20.0 Å². The standard InChI is InChI=1S/C14H17N5/c1-9-12(13(15)16)14(18(2)17-9)19-7-10-5-3-4-6-11(10)8-19/h3-6H,7-8H2,1-2H3,(H3,15,16). The Bertz CT molecular complexity index is 631. The predicted molar refractivity (Wildman–Crippen MR) is 75.3 cm³/mol. The maximum Gasteiger partial charge on any atom is 0.138 e. The molecule has 5 heteroatoms. The van der Waals surface area contributed by atoms with Crippen molar-refractivity contribution in [3.05, 3.63) is 46.6 Å². The quantitative estimate of drug-likeness (QED) is 0.631. The molecule has 1 aliphatic rings. The molecule has 0 saturated carbocycles. The first-order chi connectivity index (χ1) is 9.08. The van der Waals surface area contributed by atoms with Gasteiger partial charge in [-0.25, -0.2) is 0 Å². The lowest BCUT2D eigenvalue weighted by molar-refractivity contribution is 0.715. The van der Waals surface area contributed by atoms with Crippen LogP contribution in [0.15, 0.2) is 24.3 Å². The van der Waals surface area contributed by atoms with E-state index in [4.69, 9.17) is 11.1 Å². The number of amidine groups is 1. The fourth-order valence-electron chi connectivity index (χ4n) is 2.81. The van der Waals surface area contributed by atoms with Crippen LogP contribution < -0.4 is 10.6 Å². The lowest BCUT2D eigenvalue weighted by Gasteiger charge is -2.19. The van der Waals surface area contributed by atoms with Gasteiger partial charge in [0.2, 0.25) is 0 Å². The van der Waals surface area contributed by atoms with E-state index in [9.17, 15) is 0 Å². The maximum atomic E-state index is 7.75. The smallest absolute Gasteiger partial charge is 0.138 e. The summed E-state index contributed by atoms with van der Waals surface area (Å²) in [6.07, 6.45) is 0. The number of nitrogens with one attached hydrogen (secondary N) is 1. The highest BCUT2D eigenvalue weighted by Gasteiger charge is 2.26. The summed E-state index contributed by atoms with van der Waals surface area (Å²) in [5.74, 6) is 1.01. The third-order valence-electron chi connectivity index (χ3n) is 3.60. The molecule has 1 aromatic heterocycles. The molecule has 0 amide bonds. The molecule has 3 rings (SSSR count). The molecule has 98 valence electrons. The van der Waals surface area contributed by atoms with E-state index in [1.807, 2.05) is 18.7 Å². The topological polar surface area (TPSA) is 70.9 Å². The number of fused-ring (bicyclic) bond motifs is 1. The van der Waals surface area contributed by atoms with Crippen LogP contribution in [0.1, 0.15) is 22.4 Å². The van der Waals surface area contributed by atoms with Gasteiger partial charge in [-0.15, -0.1) is 0 Å². The molecule has 19 heavy (non-hydrogen) atoms. The number of anilines is 1. The van der Waals surface area contributed by atoms with E-state index in [1.165, 1.54) is 11.1 Å². The van der Waals surface area contributed by atoms with Crippen molar-refractivity contribution < 1.29 is 0 Å². The average molecular weight is 255 g/mol. The highest BCUT2D eigenvalue weighted by Crippen LogP contribution is 2.31. The summed E-state index contributed by atoms with van der Waals surface area (Å²) in [5.41, 5.74) is 9.92. The molecule has 0 saturated heterocycles. The van der Waals surface area contributed by atoms with Crippen molar-refractivity contribution >= 4 is 11.7 Å². The largest absolute Gasteiger partial charge is 0.384 e. The monoisotopic (exact) mass is 255 g/mol. The minimum absolute atomic E-state index is 0.0801. The van der Waals surface area contributed by atoms with Crippen molar-refractivity contribution in [2.75, 3.05) is 4.90 Å². The van der Waals surface area contributed by atoms with E-state index >= 15 is 0 Å². The SMILES string of the molecule is Cc1nn(C)c(N2Cc3ccccc3C2)c1C(=N)N. The summed E-state index contributed by atoms with van der Waals surface area (Å²) in [6.45, 7) is 3.58. The zero-order valence-electron chi connectivity index (χ0n) is 11.1. The van der Waals surface area contributed by atoms with Gasteiger partial charge in [0.15, 0.2) is 0 Å². The van der Waals surface area contributed by atoms with E-state index < -0.39 is 0 Å². The van der Waals surface area contributed by atoms with Gasteiger partial charge in [0, 0.05) is 20.1 Å². The molecular weight excluding hydrogens is 238 g/mol. The van der Waals surface area contributed by atoms with Crippen LogP contribution in [0.3, 0.4) is 0 Å². The Labute approximate surface area is 112 Å². The van der Waals surface area contributed by atoms with Crippen LogP contribution in [0.2, 0.25) is 0 Å². The fourth-order valence-corrected chi connectivity index (χ4v) is 2.81.